The molecule has 13 heavy (non-hydrogen) atoms. The molecule has 0 bridgehead atoms. The van der Waals surface area contributed by atoms with Gasteiger partial charge >= 0.3 is 0 Å². The second-order valence-corrected chi connectivity index (χ2v) is 4.10. The summed E-state index contributed by atoms with van der Waals surface area (Å²) in [5.41, 5.74) is 7.44. The summed E-state index contributed by atoms with van der Waals surface area (Å²) in [4.78, 5) is 0. The van der Waals surface area contributed by atoms with Crippen molar-refractivity contribution >= 4 is 0 Å². The standard InChI is InChI=1S/C11H16N2/c1-11(12)8-13-7-10(11)9-5-3-2-4-6-9/h2-6,10,13H,7-8,12H2,1H3. The maximum absolute atomic E-state index is 6.19. The Morgan fingerprint density at radius 1 is 1.38 bits per heavy atom. The van der Waals surface area contributed by atoms with Crippen LogP contribution in [0.4, 0.5) is 0 Å². The van der Waals surface area contributed by atoms with Gasteiger partial charge in [0.25, 0.3) is 0 Å². The van der Waals surface area contributed by atoms with E-state index in [4.69, 9.17) is 5.73 Å². The smallest absolute Gasteiger partial charge is 0.0333 e. The third-order valence-corrected chi connectivity index (χ3v) is 2.85. The first-order valence-electron chi connectivity index (χ1n) is 4.75. The minimum absolute atomic E-state index is 0.0959. The summed E-state index contributed by atoms with van der Waals surface area (Å²) in [6, 6.07) is 10.5. The van der Waals surface area contributed by atoms with Gasteiger partial charge in [-0.2, -0.15) is 0 Å². The summed E-state index contributed by atoms with van der Waals surface area (Å²) in [5, 5.41) is 3.34. The van der Waals surface area contributed by atoms with Crippen molar-refractivity contribution in [2.75, 3.05) is 13.1 Å². The monoisotopic (exact) mass is 176 g/mol. The van der Waals surface area contributed by atoms with Crippen LogP contribution in [-0.4, -0.2) is 18.6 Å². The average Bonchev–Trinajstić information content (AvgIpc) is 2.47. The van der Waals surface area contributed by atoms with Gasteiger partial charge in [0.05, 0.1) is 0 Å². The molecule has 1 aromatic carbocycles. The molecule has 0 saturated carbocycles. The van der Waals surface area contributed by atoms with E-state index in [2.05, 4.69) is 36.5 Å². The molecule has 2 nitrogen and oxygen atoms in total. The van der Waals surface area contributed by atoms with E-state index < -0.39 is 0 Å². The van der Waals surface area contributed by atoms with Crippen LogP contribution in [0.3, 0.4) is 0 Å². The van der Waals surface area contributed by atoms with Gasteiger partial charge in [-0.15, -0.1) is 0 Å². The predicted molar refractivity (Wildman–Crippen MR) is 54.6 cm³/mol. The molecule has 0 radical (unpaired) electrons. The van der Waals surface area contributed by atoms with E-state index in [0.717, 1.165) is 13.1 Å². The molecule has 70 valence electrons. The zero-order chi connectivity index (χ0) is 9.31. The Bertz CT molecular complexity index is 279. The minimum Gasteiger partial charge on any atom is -0.324 e. The second kappa shape index (κ2) is 3.13. The zero-order valence-corrected chi connectivity index (χ0v) is 7.96. The van der Waals surface area contributed by atoms with Crippen LogP contribution in [0, 0.1) is 0 Å². The SMILES string of the molecule is CC1(N)CNCC1c1ccccc1. The van der Waals surface area contributed by atoms with Gasteiger partial charge in [-0.3, -0.25) is 0 Å². The molecule has 1 aliphatic heterocycles. The highest BCUT2D eigenvalue weighted by atomic mass is 15.0. The number of nitrogens with one attached hydrogen (secondary N) is 1. The van der Waals surface area contributed by atoms with Crippen LogP contribution in [0.1, 0.15) is 18.4 Å². The molecule has 1 aliphatic rings. The second-order valence-electron chi connectivity index (χ2n) is 4.10. The van der Waals surface area contributed by atoms with Crippen molar-refractivity contribution in [3.63, 3.8) is 0 Å². The van der Waals surface area contributed by atoms with Gasteiger partial charge in [0.1, 0.15) is 0 Å². The predicted octanol–water partition coefficient (Wildman–Crippen LogP) is 1.09. The summed E-state index contributed by atoms with van der Waals surface area (Å²) in [5.74, 6) is 0.452. The number of rotatable bonds is 1. The Balaban J connectivity index is 2.27. The van der Waals surface area contributed by atoms with E-state index >= 15 is 0 Å². The Morgan fingerprint density at radius 3 is 2.62 bits per heavy atom. The van der Waals surface area contributed by atoms with Crippen LogP contribution in [-0.2, 0) is 0 Å². The van der Waals surface area contributed by atoms with Crippen LogP contribution in [0.5, 0.6) is 0 Å². The fraction of sp³-hybridized carbons (Fsp3) is 0.455. The Morgan fingerprint density at radius 2 is 2.08 bits per heavy atom. The molecule has 2 atom stereocenters. The van der Waals surface area contributed by atoms with Crippen molar-refractivity contribution in [3.8, 4) is 0 Å². The Labute approximate surface area is 79.1 Å². The van der Waals surface area contributed by atoms with E-state index in [-0.39, 0.29) is 5.54 Å². The van der Waals surface area contributed by atoms with Crippen molar-refractivity contribution in [2.45, 2.75) is 18.4 Å². The van der Waals surface area contributed by atoms with Crippen molar-refractivity contribution in [1.82, 2.24) is 5.32 Å². The molecule has 1 fully saturated rings. The first kappa shape index (κ1) is 8.73. The molecule has 0 amide bonds. The zero-order valence-electron chi connectivity index (χ0n) is 7.96. The molecule has 3 N–H and O–H groups in total. The summed E-state index contributed by atoms with van der Waals surface area (Å²) < 4.78 is 0. The van der Waals surface area contributed by atoms with Crippen LogP contribution in [0.25, 0.3) is 0 Å². The van der Waals surface area contributed by atoms with Crippen molar-refractivity contribution < 1.29 is 0 Å². The van der Waals surface area contributed by atoms with Crippen LogP contribution >= 0.6 is 0 Å². The lowest BCUT2D eigenvalue weighted by molar-refractivity contribution is 0.462. The molecule has 0 spiro atoms. The van der Waals surface area contributed by atoms with Crippen molar-refractivity contribution in [3.05, 3.63) is 35.9 Å². The van der Waals surface area contributed by atoms with Gasteiger partial charge < -0.3 is 11.1 Å². The molecular weight excluding hydrogens is 160 g/mol. The maximum Gasteiger partial charge on any atom is 0.0333 e. The van der Waals surface area contributed by atoms with Crippen LogP contribution in [0.2, 0.25) is 0 Å². The normalized spacial score (nSPS) is 33.5. The molecule has 0 aliphatic carbocycles. The quantitative estimate of drug-likeness (QED) is 0.672. The van der Waals surface area contributed by atoms with Crippen molar-refractivity contribution in [2.24, 2.45) is 5.73 Å². The molecule has 2 heteroatoms. The molecule has 0 aromatic heterocycles. The summed E-state index contributed by atoms with van der Waals surface area (Å²) in [6.07, 6.45) is 0. The summed E-state index contributed by atoms with van der Waals surface area (Å²) >= 11 is 0. The Kier molecular flexibility index (Phi) is 2.10. The first-order valence-corrected chi connectivity index (χ1v) is 4.75. The van der Waals surface area contributed by atoms with E-state index in [1.54, 1.807) is 0 Å². The van der Waals surface area contributed by atoms with Gasteiger partial charge in [-0.1, -0.05) is 30.3 Å². The average molecular weight is 176 g/mol. The molecule has 2 rings (SSSR count). The molecule has 1 heterocycles. The largest absolute Gasteiger partial charge is 0.324 e. The van der Waals surface area contributed by atoms with E-state index in [1.165, 1.54) is 5.56 Å². The Hall–Kier alpha value is -0.860. The van der Waals surface area contributed by atoms with Gasteiger partial charge in [-0.05, 0) is 12.5 Å². The van der Waals surface area contributed by atoms with E-state index in [0.29, 0.717) is 5.92 Å². The minimum atomic E-state index is -0.0959. The van der Waals surface area contributed by atoms with E-state index in [1.807, 2.05) is 6.07 Å². The number of benzene rings is 1. The summed E-state index contributed by atoms with van der Waals surface area (Å²) in [6.45, 7) is 4.02. The molecular formula is C11H16N2. The fourth-order valence-electron chi connectivity index (χ4n) is 2.03. The summed E-state index contributed by atoms with van der Waals surface area (Å²) in [7, 11) is 0. The number of hydrogen-bond acceptors (Lipinski definition) is 2. The molecule has 2 unspecified atom stereocenters. The van der Waals surface area contributed by atoms with Crippen molar-refractivity contribution in [1.29, 1.82) is 0 Å². The fourth-order valence-corrected chi connectivity index (χ4v) is 2.03. The third kappa shape index (κ3) is 1.60. The third-order valence-electron chi connectivity index (χ3n) is 2.85. The van der Waals surface area contributed by atoms with Gasteiger partial charge in [0.15, 0.2) is 0 Å². The lowest BCUT2D eigenvalue weighted by Crippen LogP contribution is -2.42. The first-order chi connectivity index (χ1) is 6.20. The van der Waals surface area contributed by atoms with Crippen LogP contribution < -0.4 is 11.1 Å². The lowest BCUT2D eigenvalue weighted by atomic mass is 9.84. The lowest BCUT2D eigenvalue weighted by Gasteiger charge is -2.25. The topological polar surface area (TPSA) is 38.0 Å². The highest BCUT2D eigenvalue weighted by Gasteiger charge is 2.35. The highest BCUT2D eigenvalue weighted by molar-refractivity contribution is 5.26. The van der Waals surface area contributed by atoms with Gasteiger partial charge in [0.2, 0.25) is 0 Å². The number of nitrogens with two attached hydrogens (primary N) is 1. The van der Waals surface area contributed by atoms with Crippen LogP contribution in [0.15, 0.2) is 30.3 Å². The maximum atomic E-state index is 6.19. The molecule has 1 aromatic rings. The number of hydrogen-bond donors (Lipinski definition) is 2. The van der Waals surface area contributed by atoms with E-state index in [9.17, 15) is 0 Å². The highest BCUT2D eigenvalue weighted by Crippen LogP contribution is 2.28. The molecule has 1 saturated heterocycles. The van der Waals surface area contributed by atoms with Gasteiger partial charge in [0, 0.05) is 24.5 Å². The van der Waals surface area contributed by atoms with Gasteiger partial charge in [-0.25, -0.2) is 0 Å².